The van der Waals surface area contributed by atoms with Gasteiger partial charge in [-0.15, -0.1) is 0 Å². The minimum absolute atomic E-state index is 0.0757. The third-order valence-electron chi connectivity index (χ3n) is 3.77. The molecule has 4 N–H and O–H groups in total. The maximum Gasteiger partial charge on any atom is 0.223 e. The molecule has 1 saturated carbocycles. The van der Waals surface area contributed by atoms with Crippen molar-refractivity contribution in [1.29, 1.82) is 0 Å². The van der Waals surface area contributed by atoms with Crippen LogP contribution in [0.2, 0.25) is 0 Å². The summed E-state index contributed by atoms with van der Waals surface area (Å²) < 4.78 is 0. The van der Waals surface area contributed by atoms with E-state index in [4.69, 9.17) is 5.73 Å². The number of aliphatic hydroxyl groups is 1. The zero-order valence-electron chi connectivity index (χ0n) is 11.3. The lowest BCUT2D eigenvalue weighted by Gasteiger charge is -2.11. The summed E-state index contributed by atoms with van der Waals surface area (Å²) in [7, 11) is 0. The van der Waals surface area contributed by atoms with Crippen LogP contribution in [0.25, 0.3) is 0 Å². The standard InChI is InChI=1S/C15H22N2O2/c1-10(18)12-4-2-11(3-5-12)9-17-15(19)13-6-7-14(16)8-13/h2-5,10,13-14,18H,6-9,16H2,1H3,(H,17,19). The Balaban J connectivity index is 1.83. The third kappa shape index (κ3) is 3.78. The Kier molecular flexibility index (Phi) is 4.56. The van der Waals surface area contributed by atoms with Gasteiger partial charge in [0, 0.05) is 18.5 Å². The van der Waals surface area contributed by atoms with Gasteiger partial charge in [0.2, 0.25) is 5.91 Å². The molecule has 0 aromatic heterocycles. The van der Waals surface area contributed by atoms with E-state index in [0.29, 0.717) is 6.54 Å². The quantitative estimate of drug-likeness (QED) is 0.769. The molecule has 1 aliphatic rings. The van der Waals surface area contributed by atoms with Crippen molar-refractivity contribution < 1.29 is 9.90 Å². The fraction of sp³-hybridized carbons (Fsp3) is 0.533. The van der Waals surface area contributed by atoms with Gasteiger partial charge in [-0.2, -0.15) is 0 Å². The van der Waals surface area contributed by atoms with Crippen LogP contribution >= 0.6 is 0 Å². The van der Waals surface area contributed by atoms with Crippen molar-refractivity contribution in [3.05, 3.63) is 35.4 Å². The van der Waals surface area contributed by atoms with Crippen LogP contribution in [0.15, 0.2) is 24.3 Å². The first-order chi connectivity index (χ1) is 9.06. The molecule has 19 heavy (non-hydrogen) atoms. The van der Waals surface area contributed by atoms with E-state index in [1.54, 1.807) is 6.92 Å². The average Bonchev–Trinajstić information content (AvgIpc) is 2.83. The third-order valence-corrected chi connectivity index (χ3v) is 3.77. The second-order valence-electron chi connectivity index (χ2n) is 5.41. The van der Waals surface area contributed by atoms with Gasteiger partial charge in [-0.25, -0.2) is 0 Å². The molecule has 1 aromatic rings. The van der Waals surface area contributed by atoms with Crippen LogP contribution in [-0.4, -0.2) is 17.1 Å². The van der Waals surface area contributed by atoms with E-state index in [-0.39, 0.29) is 17.9 Å². The Morgan fingerprint density at radius 1 is 1.42 bits per heavy atom. The van der Waals surface area contributed by atoms with Gasteiger partial charge in [0.25, 0.3) is 0 Å². The lowest BCUT2D eigenvalue weighted by molar-refractivity contribution is -0.125. The summed E-state index contributed by atoms with van der Waals surface area (Å²) in [5.74, 6) is 0.180. The summed E-state index contributed by atoms with van der Waals surface area (Å²) in [6, 6.07) is 7.82. The lowest BCUT2D eigenvalue weighted by atomic mass is 10.1. The predicted molar refractivity (Wildman–Crippen MR) is 74.2 cm³/mol. The molecule has 104 valence electrons. The Morgan fingerprint density at radius 2 is 2.11 bits per heavy atom. The highest BCUT2D eigenvalue weighted by atomic mass is 16.3. The molecule has 4 heteroatoms. The molecule has 0 radical (unpaired) electrons. The number of rotatable bonds is 4. The molecule has 1 aliphatic carbocycles. The largest absolute Gasteiger partial charge is 0.389 e. The average molecular weight is 262 g/mol. The van der Waals surface area contributed by atoms with Gasteiger partial charge in [-0.3, -0.25) is 4.79 Å². The normalized spacial score (nSPS) is 24.2. The number of carbonyl (C=O) groups is 1. The molecule has 0 aliphatic heterocycles. The lowest BCUT2D eigenvalue weighted by Crippen LogP contribution is -2.29. The van der Waals surface area contributed by atoms with Crippen molar-refractivity contribution in [2.75, 3.05) is 0 Å². The van der Waals surface area contributed by atoms with Crippen molar-refractivity contribution in [1.82, 2.24) is 5.32 Å². The van der Waals surface area contributed by atoms with Gasteiger partial charge < -0.3 is 16.2 Å². The number of nitrogens with one attached hydrogen (secondary N) is 1. The van der Waals surface area contributed by atoms with Gasteiger partial charge in [-0.1, -0.05) is 24.3 Å². The minimum Gasteiger partial charge on any atom is -0.389 e. The number of benzene rings is 1. The number of amides is 1. The highest BCUT2D eigenvalue weighted by Crippen LogP contribution is 2.24. The topological polar surface area (TPSA) is 75.3 Å². The molecular weight excluding hydrogens is 240 g/mol. The van der Waals surface area contributed by atoms with E-state index in [1.165, 1.54) is 0 Å². The summed E-state index contributed by atoms with van der Waals surface area (Å²) >= 11 is 0. The van der Waals surface area contributed by atoms with Crippen LogP contribution in [-0.2, 0) is 11.3 Å². The first-order valence-electron chi connectivity index (χ1n) is 6.86. The second-order valence-corrected chi connectivity index (χ2v) is 5.41. The Bertz CT molecular complexity index is 428. The Hall–Kier alpha value is -1.39. The summed E-state index contributed by atoms with van der Waals surface area (Å²) in [5.41, 5.74) is 7.74. The van der Waals surface area contributed by atoms with Gasteiger partial charge in [0.05, 0.1) is 6.10 Å². The number of hydrogen-bond donors (Lipinski definition) is 3. The Morgan fingerprint density at radius 3 is 2.63 bits per heavy atom. The molecule has 1 fully saturated rings. The van der Waals surface area contributed by atoms with E-state index in [0.717, 1.165) is 30.4 Å². The molecule has 1 aromatic carbocycles. The van der Waals surface area contributed by atoms with Crippen LogP contribution in [0, 0.1) is 5.92 Å². The van der Waals surface area contributed by atoms with E-state index >= 15 is 0 Å². The number of nitrogens with two attached hydrogens (primary N) is 1. The second kappa shape index (κ2) is 6.17. The summed E-state index contributed by atoms with van der Waals surface area (Å²) in [6.45, 7) is 2.27. The monoisotopic (exact) mass is 262 g/mol. The summed E-state index contributed by atoms with van der Waals surface area (Å²) in [4.78, 5) is 11.9. The predicted octanol–water partition coefficient (Wildman–Crippen LogP) is 1.48. The van der Waals surface area contributed by atoms with E-state index in [2.05, 4.69) is 5.32 Å². The number of hydrogen-bond acceptors (Lipinski definition) is 3. The first-order valence-corrected chi connectivity index (χ1v) is 6.86. The molecule has 0 heterocycles. The van der Waals surface area contributed by atoms with Crippen molar-refractivity contribution >= 4 is 5.91 Å². The van der Waals surface area contributed by atoms with Crippen LogP contribution in [0.1, 0.15) is 43.4 Å². The maximum absolute atomic E-state index is 11.9. The molecule has 0 saturated heterocycles. The van der Waals surface area contributed by atoms with Gasteiger partial charge in [-0.05, 0) is 37.3 Å². The van der Waals surface area contributed by atoms with Crippen LogP contribution in [0.4, 0.5) is 0 Å². The highest BCUT2D eigenvalue weighted by molar-refractivity contribution is 5.79. The number of carbonyl (C=O) groups excluding carboxylic acids is 1. The molecule has 3 unspecified atom stereocenters. The van der Waals surface area contributed by atoms with E-state index in [1.807, 2.05) is 24.3 Å². The minimum atomic E-state index is -0.455. The number of aliphatic hydroxyl groups excluding tert-OH is 1. The van der Waals surface area contributed by atoms with Crippen LogP contribution in [0.5, 0.6) is 0 Å². The van der Waals surface area contributed by atoms with Gasteiger partial charge in [0.1, 0.15) is 0 Å². The molecule has 3 atom stereocenters. The molecule has 0 spiro atoms. The smallest absolute Gasteiger partial charge is 0.223 e. The van der Waals surface area contributed by atoms with Crippen LogP contribution < -0.4 is 11.1 Å². The van der Waals surface area contributed by atoms with Crippen molar-refractivity contribution in [3.63, 3.8) is 0 Å². The fourth-order valence-corrected chi connectivity index (χ4v) is 2.50. The van der Waals surface area contributed by atoms with Gasteiger partial charge >= 0.3 is 0 Å². The highest BCUT2D eigenvalue weighted by Gasteiger charge is 2.27. The Labute approximate surface area is 114 Å². The molecular formula is C15H22N2O2. The van der Waals surface area contributed by atoms with Crippen molar-refractivity contribution in [2.45, 2.75) is 44.9 Å². The molecule has 2 rings (SSSR count). The summed E-state index contributed by atoms with van der Waals surface area (Å²) in [5, 5.41) is 12.4. The molecule has 4 nitrogen and oxygen atoms in total. The zero-order valence-corrected chi connectivity index (χ0v) is 11.3. The molecule has 1 amide bonds. The fourth-order valence-electron chi connectivity index (χ4n) is 2.50. The van der Waals surface area contributed by atoms with Crippen molar-refractivity contribution in [2.24, 2.45) is 11.7 Å². The van der Waals surface area contributed by atoms with E-state index in [9.17, 15) is 9.90 Å². The maximum atomic E-state index is 11.9. The summed E-state index contributed by atoms with van der Waals surface area (Å²) in [6.07, 6.45) is 2.19. The SMILES string of the molecule is CC(O)c1ccc(CNC(=O)C2CCC(N)C2)cc1. The zero-order chi connectivity index (χ0) is 13.8. The van der Waals surface area contributed by atoms with E-state index < -0.39 is 6.10 Å². The first kappa shape index (κ1) is 14.0. The van der Waals surface area contributed by atoms with Crippen LogP contribution in [0.3, 0.4) is 0 Å². The molecule has 0 bridgehead atoms. The van der Waals surface area contributed by atoms with Gasteiger partial charge in [0.15, 0.2) is 0 Å². The van der Waals surface area contributed by atoms with Crippen molar-refractivity contribution in [3.8, 4) is 0 Å².